The number of aliphatic hydroxyl groups is 2. The maximum absolute atomic E-state index is 11.2. The Morgan fingerprint density at radius 1 is 1.33 bits per heavy atom. The van der Waals surface area contributed by atoms with Gasteiger partial charge in [-0.2, -0.15) is 0 Å². The van der Waals surface area contributed by atoms with Crippen molar-refractivity contribution < 1.29 is 29.8 Å². The lowest BCUT2D eigenvalue weighted by Gasteiger charge is -2.41. The zero-order valence-electron chi connectivity index (χ0n) is 13.8. The molecule has 24 heavy (non-hydrogen) atoms. The van der Waals surface area contributed by atoms with Crippen molar-refractivity contribution in [1.29, 1.82) is 0 Å². The minimum Gasteiger partial charge on any atom is -0.462 e. The number of benzene rings is 1. The van der Waals surface area contributed by atoms with Gasteiger partial charge in [0.25, 0.3) is 0 Å². The first-order valence-corrected chi connectivity index (χ1v) is 7.77. The second-order valence-electron chi connectivity index (χ2n) is 5.70. The van der Waals surface area contributed by atoms with Gasteiger partial charge >= 0.3 is 0 Å². The summed E-state index contributed by atoms with van der Waals surface area (Å²) in [5, 5.41) is 24.7. The van der Waals surface area contributed by atoms with Crippen molar-refractivity contribution in [2.45, 2.75) is 44.5 Å². The third-order valence-electron chi connectivity index (χ3n) is 3.78. The summed E-state index contributed by atoms with van der Waals surface area (Å²) in [5.74, 6) is 0.205. The molecule has 1 aromatic rings. The van der Waals surface area contributed by atoms with Crippen LogP contribution in [-0.2, 0) is 9.53 Å². The number of rotatable bonds is 5. The van der Waals surface area contributed by atoms with Gasteiger partial charge in [-0.05, 0) is 30.7 Å². The summed E-state index contributed by atoms with van der Waals surface area (Å²) in [5.41, 5.74) is 0.978. The van der Waals surface area contributed by atoms with E-state index in [-0.39, 0.29) is 5.91 Å². The Kier molecular flexibility index (Phi) is 6.33. The first kappa shape index (κ1) is 18.4. The van der Waals surface area contributed by atoms with Crippen LogP contribution in [0.15, 0.2) is 30.5 Å². The van der Waals surface area contributed by atoms with Crippen LogP contribution in [0.5, 0.6) is 5.75 Å². The Hall–Kier alpha value is -1.93. The molecule has 0 bridgehead atoms. The van der Waals surface area contributed by atoms with Gasteiger partial charge in [0.2, 0.25) is 12.2 Å². The lowest BCUT2D eigenvalue weighted by atomic mass is 9.97. The summed E-state index contributed by atoms with van der Waals surface area (Å²) < 4.78 is 11.2. The highest BCUT2D eigenvalue weighted by molar-refractivity contribution is 5.73. The van der Waals surface area contributed by atoms with Crippen LogP contribution in [0.25, 0.3) is 6.08 Å². The first-order valence-electron chi connectivity index (χ1n) is 7.77. The van der Waals surface area contributed by atoms with Gasteiger partial charge in [-0.3, -0.25) is 4.79 Å². The molecule has 1 saturated heterocycles. The van der Waals surface area contributed by atoms with E-state index in [9.17, 15) is 15.0 Å². The zero-order valence-corrected chi connectivity index (χ0v) is 13.8. The predicted molar refractivity (Wildman–Crippen MR) is 87.3 cm³/mol. The number of hydrogen-bond donors (Lipinski definition) is 4. The standard InChI is InChI=1S/C17H24N2O5/c1-10-14(19-11(2)20)15(21)16(22)17(23-10)24-13-6-4-12(5-7-13)8-9-18-3/h4-10,14-17,21-22H,3,18H2,1-2H3,(H,19,20)/b9-8+/t10-,14+,15+,16-,17+/m0/s1. The number of aliphatic hydroxyl groups excluding tert-OH is 2. The van der Waals surface area contributed by atoms with Crippen LogP contribution >= 0.6 is 0 Å². The molecule has 5 N–H and O–H groups in total. The molecule has 7 heteroatoms. The Labute approximate surface area is 141 Å². The molecule has 0 aliphatic carbocycles. The fraction of sp³-hybridized carbons (Fsp3) is 0.412. The van der Waals surface area contributed by atoms with E-state index in [1.165, 1.54) is 6.92 Å². The van der Waals surface area contributed by atoms with Gasteiger partial charge in [-0.1, -0.05) is 12.1 Å². The third kappa shape index (κ3) is 4.55. The summed E-state index contributed by atoms with van der Waals surface area (Å²) in [6.07, 6.45) is -0.270. The van der Waals surface area contributed by atoms with E-state index in [1.807, 2.05) is 24.4 Å². The molecule has 1 aliphatic rings. The van der Waals surface area contributed by atoms with Gasteiger partial charge in [0.1, 0.15) is 18.0 Å². The summed E-state index contributed by atoms with van der Waals surface area (Å²) in [7, 11) is 3.61. The molecule has 1 fully saturated rings. The number of carbonyl (C=O) groups is 1. The number of nitrogens with two attached hydrogens (primary N) is 1. The molecular weight excluding hydrogens is 312 g/mol. The van der Waals surface area contributed by atoms with E-state index >= 15 is 0 Å². The smallest absolute Gasteiger partial charge is 0.229 e. The first-order chi connectivity index (χ1) is 11.4. The number of nitrogens with one attached hydrogen (secondary N) is 1. The Bertz CT molecular complexity index is 575. The molecule has 1 aromatic carbocycles. The second-order valence-corrected chi connectivity index (χ2v) is 5.70. The van der Waals surface area contributed by atoms with Crippen LogP contribution in [0.3, 0.4) is 0 Å². The van der Waals surface area contributed by atoms with Crippen LogP contribution < -0.4 is 15.4 Å². The molecule has 0 unspecified atom stereocenters. The van der Waals surface area contributed by atoms with E-state index < -0.39 is 30.6 Å². The third-order valence-corrected chi connectivity index (χ3v) is 3.78. The van der Waals surface area contributed by atoms with Crippen LogP contribution in [0.4, 0.5) is 0 Å². The van der Waals surface area contributed by atoms with Crippen molar-refractivity contribution in [2.75, 3.05) is 0 Å². The number of quaternary nitrogens is 1. The molecule has 0 saturated carbocycles. The molecule has 2 rings (SSSR count). The van der Waals surface area contributed by atoms with Crippen LogP contribution in [-0.4, -0.2) is 46.8 Å². The highest BCUT2D eigenvalue weighted by Crippen LogP contribution is 2.24. The Balaban J connectivity index is 2.02. The van der Waals surface area contributed by atoms with Crippen molar-refractivity contribution in [3.63, 3.8) is 0 Å². The highest BCUT2D eigenvalue weighted by Gasteiger charge is 2.44. The lowest BCUT2D eigenvalue weighted by Crippen LogP contribution is -2.69. The van der Waals surface area contributed by atoms with Gasteiger partial charge < -0.3 is 30.3 Å². The van der Waals surface area contributed by atoms with Gasteiger partial charge in [-0.15, -0.1) is 7.05 Å². The molecule has 132 valence electrons. The molecule has 0 radical (unpaired) electrons. The number of hydrogen-bond acceptors (Lipinski definition) is 5. The minimum absolute atomic E-state index is 0.302. The Morgan fingerprint density at radius 2 is 2.00 bits per heavy atom. The average Bonchev–Trinajstić information content (AvgIpc) is 2.55. The van der Waals surface area contributed by atoms with Crippen molar-refractivity contribution in [2.24, 2.45) is 0 Å². The monoisotopic (exact) mass is 336 g/mol. The van der Waals surface area contributed by atoms with E-state index in [4.69, 9.17) is 9.47 Å². The maximum Gasteiger partial charge on any atom is 0.229 e. The van der Waals surface area contributed by atoms with Gasteiger partial charge in [0.15, 0.2) is 0 Å². The molecular formula is C17H24N2O5. The fourth-order valence-corrected chi connectivity index (χ4v) is 2.53. The molecule has 0 aromatic heterocycles. The molecule has 7 nitrogen and oxygen atoms in total. The maximum atomic E-state index is 11.2. The lowest BCUT2D eigenvalue weighted by molar-refractivity contribution is -0.520. The SMILES string of the molecule is [CH2-][NH2+]/C=C/c1ccc(O[C@H]2O[C@@H](C)[C@@H](NC(C)=O)[C@@H](O)[C@@H]2O)cc1. The number of amides is 1. The fourth-order valence-electron chi connectivity index (χ4n) is 2.53. The van der Waals surface area contributed by atoms with Gasteiger partial charge in [-0.25, -0.2) is 0 Å². The summed E-state index contributed by atoms with van der Waals surface area (Å²) in [4.78, 5) is 11.2. The van der Waals surface area contributed by atoms with E-state index in [0.717, 1.165) is 5.56 Å². The predicted octanol–water partition coefficient (Wildman–Crippen LogP) is -0.638. The molecule has 1 amide bonds. The van der Waals surface area contributed by atoms with Crippen LogP contribution in [0, 0.1) is 7.05 Å². The Morgan fingerprint density at radius 3 is 2.58 bits per heavy atom. The summed E-state index contributed by atoms with van der Waals surface area (Å²) in [6, 6.07) is 6.50. The van der Waals surface area contributed by atoms with E-state index in [1.54, 1.807) is 24.4 Å². The normalized spacial score (nSPS) is 30.3. The average molecular weight is 336 g/mol. The summed E-state index contributed by atoms with van der Waals surface area (Å²) >= 11 is 0. The van der Waals surface area contributed by atoms with Crippen molar-refractivity contribution in [1.82, 2.24) is 5.32 Å². The summed E-state index contributed by atoms with van der Waals surface area (Å²) in [6.45, 7) is 3.05. The topological polar surface area (TPSA) is 105 Å². The van der Waals surface area contributed by atoms with Crippen molar-refractivity contribution in [3.8, 4) is 5.75 Å². The number of ether oxygens (including phenoxy) is 2. The van der Waals surface area contributed by atoms with Gasteiger partial charge in [0, 0.05) is 6.92 Å². The molecule has 1 aliphatic heterocycles. The van der Waals surface area contributed by atoms with E-state index in [0.29, 0.717) is 5.75 Å². The van der Waals surface area contributed by atoms with Gasteiger partial charge in [0.05, 0.1) is 18.3 Å². The van der Waals surface area contributed by atoms with Crippen molar-refractivity contribution in [3.05, 3.63) is 43.1 Å². The molecule has 0 spiro atoms. The molecule has 1 heterocycles. The van der Waals surface area contributed by atoms with Crippen LogP contribution in [0.1, 0.15) is 19.4 Å². The minimum atomic E-state index is -1.28. The number of carbonyl (C=O) groups excluding carboxylic acids is 1. The van der Waals surface area contributed by atoms with Crippen LogP contribution in [0.2, 0.25) is 0 Å². The second kappa shape index (κ2) is 8.25. The highest BCUT2D eigenvalue weighted by atomic mass is 16.7. The van der Waals surface area contributed by atoms with E-state index in [2.05, 4.69) is 12.4 Å². The zero-order chi connectivity index (χ0) is 17.7. The quantitative estimate of drug-likeness (QED) is 0.536. The largest absolute Gasteiger partial charge is 0.462 e. The molecule has 5 atom stereocenters. The van der Waals surface area contributed by atoms with Crippen molar-refractivity contribution >= 4 is 12.0 Å².